The van der Waals surface area contributed by atoms with Crippen LogP contribution in [0.5, 0.6) is 0 Å². The van der Waals surface area contributed by atoms with Gasteiger partial charge in [-0.25, -0.2) is 9.78 Å². The molecule has 1 aromatic rings. The highest BCUT2D eigenvalue weighted by molar-refractivity contribution is 7.09. The fourth-order valence-electron chi connectivity index (χ4n) is 1.52. The smallest absolute Gasteiger partial charge is 0.355 e. The van der Waals surface area contributed by atoms with Crippen molar-refractivity contribution >= 4 is 17.3 Å². The lowest BCUT2D eigenvalue weighted by atomic mass is 10.2. The maximum Gasteiger partial charge on any atom is 0.355 e. The zero-order valence-corrected chi connectivity index (χ0v) is 8.58. The van der Waals surface area contributed by atoms with Gasteiger partial charge in [0.2, 0.25) is 0 Å². The largest absolute Gasteiger partial charge is 0.476 e. The number of aromatic nitrogens is 1. The second-order valence-corrected chi connectivity index (χ2v) is 4.28. The number of thiazole rings is 1. The molecule has 1 aliphatic heterocycles. The number of ether oxygens (including phenoxy) is 1. The van der Waals surface area contributed by atoms with Gasteiger partial charge in [0.05, 0.1) is 6.10 Å². The molecule has 0 spiro atoms. The van der Waals surface area contributed by atoms with Crippen LogP contribution in [0.2, 0.25) is 0 Å². The van der Waals surface area contributed by atoms with Crippen LogP contribution in [0.4, 0.5) is 0 Å². The van der Waals surface area contributed by atoms with Crippen LogP contribution in [0.1, 0.15) is 41.4 Å². The van der Waals surface area contributed by atoms with E-state index in [1.807, 2.05) is 6.92 Å². The second-order valence-electron chi connectivity index (χ2n) is 3.39. The van der Waals surface area contributed by atoms with Crippen molar-refractivity contribution in [3.05, 3.63) is 16.1 Å². The molecule has 2 atom stereocenters. The van der Waals surface area contributed by atoms with Gasteiger partial charge in [0.15, 0.2) is 5.69 Å². The van der Waals surface area contributed by atoms with Crippen molar-refractivity contribution in [2.75, 3.05) is 0 Å². The van der Waals surface area contributed by atoms with Crippen LogP contribution in [0, 0.1) is 0 Å². The van der Waals surface area contributed by atoms with Crippen LogP contribution >= 0.6 is 11.3 Å². The second kappa shape index (κ2) is 3.67. The zero-order chi connectivity index (χ0) is 10.1. The molecule has 2 rings (SSSR count). The zero-order valence-electron chi connectivity index (χ0n) is 7.77. The van der Waals surface area contributed by atoms with Gasteiger partial charge in [0, 0.05) is 5.38 Å². The summed E-state index contributed by atoms with van der Waals surface area (Å²) in [5.41, 5.74) is 0.119. The first kappa shape index (κ1) is 9.61. The Morgan fingerprint density at radius 3 is 3.00 bits per heavy atom. The van der Waals surface area contributed by atoms with E-state index in [0.29, 0.717) is 0 Å². The first-order valence-electron chi connectivity index (χ1n) is 4.51. The summed E-state index contributed by atoms with van der Waals surface area (Å²) in [5, 5.41) is 11.0. The van der Waals surface area contributed by atoms with Crippen LogP contribution < -0.4 is 0 Å². The molecule has 5 heteroatoms. The number of carboxylic acids is 1. The molecule has 76 valence electrons. The van der Waals surface area contributed by atoms with Gasteiger partial charge in [-0.2, -0.15) is 0 Å². The van der Waals surface area contributed by atoms with Crippen LogP contribution in [0.15, 0.2) is 5.38 Å². The van der Waals surface area contributed by atoms with E-state index in [0.717, 1.165) is 17.8 Å². The fourth-order valence-corrected chi connectivity index (χ4v) is 2.38. The Kier molecular flexibility index (Phi) is 2.52. The quantitative estimate of drug-likeness (QED) is 0.817. The monoisotopic (exact) mass is 213 g/mol. The number of nitrogens with zero attached hydrogens (tertiary/aromatic N) is 1. The van der Waals surface area contributed by atoms with Gasteiger partial charge >= 0.3 is 5.97 Å². The maximum atomic E-state index is 10.6. The molecule has 0 aliphatic carbocycles. The van der Waals surface area contributed by atoms with Crippen molar-refractivity contribution in [2.45, 2.75) is 32.0 Å². The SMILES string of the molecule is CC1CCC(c2nc(C(=O)O)cs2)O1. The first-order valence-corrected chi connectivity index (χ1v) is 5.39. The topological polar surface area (TPSA) is 59.4 Å². The van der Waals surface area contributed by atoms with Crippen molar-refractivity contribution in [3.8, 4) is 0 Å². The minimum atomic E-state index is -0.974. The highest BCUT2D eigenvalue weighted by Crippen LogP contribution is 2.33. The molecule has 2 unspecified atom stereocenters. The first-order chi connectivity index (χ1) is 6.66. The van der Waals surface area contributed by atoms with Crippen molar-refractivity contribution in [1.29, 1.82) is 0 Å². The summed E-state index contributed by atoms with van der Waals surface area (Å²) in [6.07, 6.45) is 2.22. The molecule has 1 aliphatic rings. The molecular weight excluding hydrogens is 202 g/mol. The normalized spacial score (nSPS) is 26.6. The number of carbonyl (C=O) groups is 1. The van der Waals surface area contributed by atoms with E-state index in [-0.39, 0.29) is 17.9 Å². The summed E-state index contributed by atoms with van der Waals surface area (Å²) in [7, 11) is 0. The fraction of sp³-hybridized carbons (Fsp3) is 0.556. The van der Waals surface area contributed by atoms with Crippen LogP contribution in [0.25, 0.3) is 0 Å². The summed E-state index contributed by atoms with van der Waals surface area (Å²) in [4.78, 5) is 14.6. The third-order valence-electron chi connectivity index (χ3n) is 2.25. The van der Waals surface area contributed by atoms with Gasteiger partial charge in [-0.3, -0.25) is 0 Å². The molecule has 0 saturated carbocycles. The summed E-state index contributed by atoms with van der Waals surface area (Å²) >= 11 is 1.36. The number of hydrogen-bond donors (Lipinski definition) is 1. The summed E-state index contributed by atoms with van der Waals surface area (Å²) in [6.45, 7) is 2.02. The minimum absolute atomic E-state index is 0.00287. The molecule has 0 amide bonds. The Hall–Kier alpha value is -0.940. The average molecular weight is 213 g/mol. The van der Waals surface area contributed by atoms with Gasteiger partial charge in [-0.15, -0.1) is 11.3 Å². The van der Waals surface area contributed by atoms with Crippen molar-refractivity contribution in [1.82, 2.24) is 4.98 Å². The number of aromatic carboxylic acids is 1. The Morgan fingerprint density at radius 2 is 2.50 bits per heavy atom. The molecule has 1 N–H and O–H groups in total. The summed E-state index contributed by atoms with van der Waals surface area (Å²) < 4.78 is 5.60. The Balaban J connectivity index is 2.13. The molecule has 14 heavy (non-hydrogen) atoms. The van der Waals surface area contributed by atoms with Crippen LogP contribution in [-0.4, -0.2) is 22.2 Å². The van der Waals surface area contributed by atoms with E-state index in [1.54, 1.807) is 5.38 Å². The van der Waals surface area contributed by atoms with Gasteiger partial charge in [0.1, 0.15) is 11.1 Å². The summed E-state index contributed by atoms with van der Waals surface area (Å²) in [5.74, 6) is -0.974. The average Bonchev–Trinajstić information content (AvgIpc) is 2.70. The molecule has 0 aromatic carbocycles. The van der Waals surface area contributed by atoms with E-state index in [2.05, 4.69) is 4.98 Å². The Morgan fingerprint density at radius 1 is 1.71 bits per heavy atom. The molecule has 2 heterocycles. The Bertz CT molecular complexity index is 350. The highest BCUT2D eigenvalue weighted by Gasteiger charge is 2.26. The molecule has 4 nitrogen and oxygen atoms in total. The van der Waals surface area contributed by atoms with Gasteiger partial charge < -0.3 is 9.84 Å². The molecule has 1 saturated heterocycles. The predicted octanol–water partition coefficient (Wildman–Crippen LogP) is 2.08. The van der Waals surface area contributed by atoms with Crippen molar-refractivity contribution in [3.63, 3.8) is 0 Å². The maximum absolute atomic E-state index is 10.6. The number of carboxylic acid groups (broad SMARTS) is 1. The molecule has 0 radical (unpaired) electrons. The van der Waals surface area contributed by atoms with E-state index < -0.39 is 5.97 Å². The standard InChI is InChI=1S/C9H11NO3S/c1-5-2-3-7(13-5)8-10-6(4-14-8)9(11)12/h4-5,7H,2-3H2,1H3,(H,11,12). The van der Waals surface area contributed by atoms with Gasteiger partial charge in [-0.1, -0.05) is 0 Å². The third-order valence-corrected chi connectivity index (χ3v) is 3.19. The van der Waals surface area contributed by atoms with Crippen LogP contribution in [-0.2, 0) is 4.74 Å². The Labute approximate surface area is 85.5 Å². The van der Waals surface area contributed by atoms with Gasteiger partial charge in [-0.05, 0) is 19.8 Å². The molecule has 0 bridgehead atoms. The molecule has 1 fully saturated rings. The molecule has 1 aromatic heterocycles. The number of hydrogen-bond acceptors (Lipinski definition) is 4. The van der Waals surface area contributed by atoms with E-state index in [9.17, 15) is 4.79 Å². The predicted molar refractivity (Wildman–Crippen MR) is 51.6 cm³/mol. The van der Waals surface area contributed by atoms with E-state index in [4.69, 9.17) is 9.84 Å². The van der Waals surface area contributed by atoms with Crippen molar-refractivity contribution in [2.24, 2.45) is 0 Å². The number of rotatable bonds is 2. The van der Waals surface area contributed by atoms with Crippen molar-refractivity contribution < 1.29 is 14.6 Å². The minimum Gasteiger partial charge on any atom is -0.476 e. The third kappa shape index (κ3) is 1.78. The van der Waals surface area contributed by atoms with Crippen LogP contribution in [0.3, 0.4) is 0 Å². The summed E-state index contributed by atoms with van der Waals surface area (Å²) in [6, 6.07) is 0. The molecular formula is C9H11NO3S. The van der Waals surface area contributed by atoms with Gasteiger partial charge in [0.25, 0.3) is 0 Å². The van der Waals surface area contributed by atoms with E-state index >= 15 is 0 Å². The lowest BCUT2D eigenvalue weighted by molar-refractivity contribution is 0.0550. The lowest BCUT2D eigenvalue weighted by Gasteiger charge is -2.06. The highest BCUT2D eigenvalue weighted by atomic mass is 32.1. The lowest BCUT2D eigenvalue weighted by Crippen LogP contribution is -2.02. The van der Waals surface area contributed by atoms with E-state index in [1.165, 1.54) is 11.3 Å².